The first kappa shape index (κ1) is 20.8. The van der Waals surface area contributed by atoms with Crippen LogP contribution in [0.3, 0.4) is 0 Å². The number of likely N-dealkylation sites (tertiary alicyclic amines) is 1. The Balaban J connectivity index is 1.56. The largest absolute Gasteiger partial charge is 0.507 e. The van der Waals surface area contributed by atoms with Gasteiger partial charge in [0, 0.05) is 24.5 Å². The number of aliphatic hydroxyl groups is 1. The zero-order valence-corrected chi connectivity index (χ0v) is 17.8. The SMILES string of the molecule is O=C1C(=O)N(CCc2ccccc2)C(c2ccncc2)C1=C(O)c1ccc2c(c1)OCCO2. The Bertz CT molecular complexity index is 1220. The molecule has 2 aliphatic heterocycles. The molecule has 1 N–H and O–H groups in total. The molecule has 0 spiro atoms. The quantitative estimate of drug-likeness (QED) is 0.370. The molecule has 1 unspecified atom stereocenters. The average molecular weight is 442 g/mol. The molecule has 2 aromatic carbocycles. The van der Waals surface area contributed by atoms with E-state index >= 15 is 0 Å². The van der Waals surface area contributed by atoms with Gasteiger partial charge in [-0.25, -0.2) is 0 Å². The van der Waals surface area contributed by atoms with Crippen LogP contribution in [0.25, 0.3) is 5.76 Å². The Morgan fingerprint density at radius 1 is 0.970 bits per heavy atom. The minimum Gasteiger partial charge on any atom is -0.507 e. The number of ether oxygens (including phenoxy) is 2. The van der Waals surface area contributed by atoms with Crippen LogP contribution in [-0.4, -0.2) is 46.4 Å². The molecule has 166 valence electrons. The summed E-state index contributed by atoms with van der Waals surface area (Å²) in [5.74, 6) is -0.519. The molecule has 0 saturated carbocycles. The van der Waals surface area contributed by atoms with Crippen molar-refractivity contribution < 1.29 is 24.2 Å². The number of fused-ring (bicyclic) bond motifs is 1. The number of aliphatic hydroxyl groups excluding tert-OH is 1. The van der Waals surface area contributed by atoms with Crippen molar-refractivity contribution in [3.63, 3.8) is 0 Å². The summed E-state index contributed by atoms with van der Waals surface area (Å²) in [4.78, 5) is 31.8. The summed E-state index contributed by atoms with van der Waals surface area (Å²) in [5.41, 5.74) is 2.20. The van der Waals surface area contributed by atoms with E-state index in [0.29, 0.717) is 48.8 Å². The first-order valence-electron chi connectivity index (χ1n) is 10.8. The highest BCUT2D eigenvalue weighted by Gasteiger charge is 2.45. The van der Waals surface area contributed by atoms with Crippen molar-refractivity contribution in [2.45, 2.75) is 12.5 Å². The summed E-state index contributed by atoms with van der Waals surface area (Å²) < 4.78 is 11.2. The summed E-state index contributed by atoms with van der Waals surface area (Å²) in [7, 11) is 0. The van der Waals surface area contributed by atoms with Gasteiger partial charge in [-0.2, -0.15) is 0 Å². The molecule has 0 bridgehead atoms. The van der Waals surface area contributed by atoms with E-state index in [9.17, 15) is 14.7 Å². The van der Waals surface area contributed by atoms with Gasteiger partial charge >= 0.3 is 0 Å². The number of pyridine rings is 1. The van der Waals surface area contributed by atoms with Crippen LogP contribution in [0.4, 0.5) is 0 Å². The second-order valence-electron chi connectivity index (χ2n) is 7.87. The third-order valence-corrected chi connectivity index (χ3v) is 5.86. The number of Topliss-reactive ketones (excluding diaryl/α,β-unsaturated/α-hetero) is 1. The molecule has 2 aliphatic rings. The molecule has 1 fully saturated rings. The molecular formula is C26H22N2O5. The van der Waals surface area contributed by atoms with Crippen LogP contribution in [0.1, 0.15) is 22.7 Å². The summed E-state index contributed by atoms with van der Waals surface area (Å²) in [6.07, 6.45) is 3.80. The first-order chi connectivity index (χ1) is 16.1. The maximum absolute atomic E-state index is 13.1. The summed E-state index contributed by atoms with van der Waals surface area (Å²) in [6.45, 7) is 1.19. The van der Waals surface area contributed by atoms with E-state index in [0.717, 1.165) is 5.56 Å². The maximum atomic E-state index is 13.1. The minimum absolute atomic E-state index is 0.0518. The second-order valence-corrected chi connectivity index (χ2v) is 7.87. The lowest BCUT2D eigenvalue weighted by Gasteiger charge is -2.25. The van der Waals surface area contributed by atoms with Gasteiger partial charge in [0.25, 0.3) is 11.7 Å². The van der Waals surface area contributed by atoms with Gasteiger partial charge in [-0.1, -0.05) is 30.3 Å². The Labute approximate surface area is 190 Å². The molecule has 0 radical (unpaired) electrons. The van der Waals surface area contributed by atoms with Crippen LogP contribution in [0, 0.1) is 0 Å². The normalized spacial score (nSPS) is 19.0. The molecule has 1 amide bonds. The molecule has 33 heavy (non-hydrogen) atoms. The van der Waals surface area contributed by atoms with Crippen molar-refractivity contribution in [3.8, 4) is 11.5 Å². The number of rotatable bonds is 5. The molecule has 7 nitrogen and oxygen atoms in total. The maximum Gasteiger partial charge on any atom is 0.295 e. The van der Waals surface area contributed by atoms with Gasteiger partial charge in [0.2, 0.25) is 0 Å². The number of carbonyl (C=O) groups excluding carboxylic acids is 2. The number of amides is 1. The highest BCUT2D eigenvalue weighted by Crippen LogP contribution is 2.41. The van der Waals surface area contributed by atoms with Crippen LogP contribution < -0.4 is 9.47 Å². The zero-order chi connectivity index (χ0) is 22.8. The van der Waals surface area contributed by atoms with Crippen LogP contribution in [0.15, 0.2) is 78.6 Å². The molecule has 1 aromatic heterocycles. The van der Waals surface area contributed by atoms with Gasteiger partial charge < -0.3 is 19.5 Å². The predicted molar refractivity (Wildman–Crippen MR) is 121 cm³/mol. The van der Waals surface area contributed by atoms with Crippen molar-refractivity contribution >= 4 is 17.4 Å². The molecule has 0 aliphatic carbocycles. The minimum atomic E-state index is -0.718. The van der Waals surface area contributed by atoms with Crippen molar-refractivity contribution in [1.82, 2.24) is 9.88 Å². The fraction of sp³-hybridized carbons (Fsp3) is 0.192. The average Bonchev–Trinajstić information content (AvgIpc) is 3.12. The van der Waals surface area contributed by atoms with Crippen LogP contribution >= 0.6 is 0 Å². The monoisotopic (exact) mass is 442 g/mol. The van der Waals surface area contributed by atoms with Gasteiger partial charge in [-0.15, -0.1) is 0 Å². The number of ketones is 1. The first-order valence-corrected chi connectivity index (χ1v) is 10.8. The number of benzene rings is 2. The fourth-order valence-corrected chi connectivity index (χ4v) is 4.24. The van der Waals surface area contributed by atoms with Crippen molar-refractivity contribution in [3.05, 3.63) is 95.3 Å². The predicted octanol–water partition coefficient (Wildman–Crippen LogP) is 3.52. The number of aromatic nitrogens is 1. The van der Waals surface area contributed by atoms with E-state index in [-0.39, 0.29) is 11.3 Å². The zero-order valence-electron chi connectivity index (χ0n) is 17.8. The van der Waals surface area contributed by atoms with E-state index in [1.54, 1.807) is 42.7 Å². The lowest BCUT2D eigenvalue weighted by atomic mass is 9.95. The van der Waals surface area contributed by atoms with Gasteiger partial charge in [-0.05, 0) is 47.9 Å². The van der Waals surface area contributed by atoms with E-state index in [4.69, 9.17) is 9.47 Å². The van der Waals surface area contributed by atoms with Crippen molar-refractivity contribution in [1.29, 1.82) is 0 Å². The molecule has 1 saturated heterocycles. The van der Waals surface area contributed by atoms with Gasteiger partial charge in [0.05, 0.1) is 11.6 Å². The van der Waals surface area contributed by atoms with Gasteiger partial charge in [-0.3, -0.25) is 14.6 Å². The standard InChI is InChI=1S/C26H22N2O5/c29-24(19-6-7-20-21(16-19)33-15-14-32-20)22-23(18-8-11-27-12-9-18)28(26(31)25(22)30)13-10-17-4-2-1-3-5-17/h1-9,11-12,16,23,29H,10,13-15H2. The fourth-order valence-electron chi connectivity index (χ4n) is 4.24. The van der Waals surface area contributed by atoms with E-state index < -0.39 is 17.7 Å². The van der Waals surface area contributed by atoms with E-state index in [1.165, 1.54) is 4.90 Å². The van der Waals surface area contributed by atoms with Crippen LogP contribution in [-0.2, 0) is 16.0 Å². The van der Waals surface area contributed by atoms with Gasteiger partial charge in [0.15, 0.2) is 11.5 Å². The highest BCUT2D eigenvalue weighted by molar-refractivity contribution is 6.46. The topological polar surface area (TPSA) is 89.0 Å². The number of hydrogen-bond acceptors (Lipinski definition) is 6. The third kappa shape index (κ3) is 3.93. The number of nitrogens with zero attached hydrogens (tertiary/aromatic N) is 2. The van der Waals surface area contributed by atoms with Crippen LogP contribution in [0.5, 0.6) is 11.5 Å². The Hall–Kier alpha value is -4.13. The summed E-state index contributed by atoms with van der Waals surface area (Å²) in [6, 6.07) is 17.5. The number of carbonyl (C=O) groups is 2. The van der Waals surface area contributed by atoms with Crippen molar-refractivity contribution in [2.24, 2.45) is 0 Å². The molecular weight excluding hydrogens is 420 g/mol. The smallest absolute Gasteiger partial charge is 0.295 e. The summed E-state index contributed by atoms with van der Waals surface area (Å²) in [5, 5.41) is 11.2. The van der Waals surface area contributed by atoms with Gasteiger partial charge in [0.1, 0.15) is 19.0 Å². The third-order valence-electron chi connectivity index (χ3n) is 5.86. The van der Waals surface area contributed by atoms with Crippen molar-refractivity contribution in [2.75, 3.05) is 19.8 Å². The lowest BCUT2D eigenvalue weighted by Crippen LogP contribution is -2.31. The number of hydrogen-bond donors (Lipinski definition) is 1. The summed E-state index contributed by atoms with van der Waals surface area (Å²) >= 11 is 0. The molecule has 7 heteroatoms. The Morgan fingerprint density at radius 2 is 1.70 bits per heavy atom. The molecule has 5 rings (SSSR count). The molecule has 1 atom stereocenters. The highest BCUT2D eigenvalue weighted by atomic mass is 16.6. The second kappa shape index (κ2) is 8.78. The van der Waals surface area contributed by atoms with Crippen LogP contribution in [0.2, 0.25) is 0 Å². The lowest BCUT2D eigenvalue weighted by molar-refractivity contribution is -0.139. The van der Waals surface area contributed by atoms with E-state index in [2.05, 4.69) is 4.98 Å². The Kier molecular flexibility index (Phi) is 5.52. The molecule has 3 heterocycles. The molecule has 3 aromatic rings. The van der Waals surface area contributed by atoms with E-state index in [1.807, 2.05) is 30.3 Å². The Morgan fingerprint density at radius 3 is 2.45 bits per heavy atom.